The summed E-state index contributed by atoms with van der Waals surface area (Å²) in [5.74, 6) is -1.35. The van der Waals surface area contributed by atoms with E-state index in [9.17, 15) is 22.8 Å². The molecule has 1 aliphatic heterocycles. The highest BCUT2D eigenvalue weighted by atomic mass is 19.4. The Morgan fingerprint density at radius 1 is 1.17 bits per heavy atom. The van der Waals surface area contributed by atoms with Crippen LogP contribution in [0.5, 0.6) is 0 Å². The Morgan fingerprint density at radius 3 is 2.25 bits per heavy atom. The molecule has 0 radical (unpaired) electrons. The summed E-state index contributed by atoms with van der Waals surface area (Å²) in [4.78, 5) is 25.0. The summed E-state index contributed by atoms with van der Waals surface area (Å²) in [6.45, 7) is 0.462. The summed E-state index contributed by atoms with van der Waals surface area (Å²) in [5.41, 5.74) is -1.02. The molecule has 0 spiro atoms. The van der Waals surface area contributed by atoms with E-state index in [0.29, 0.717) is 18.9 Å². The van der Waals surface area contributed by atoms with Gasteiger partial charge in [0.05, 0.1) is 18.6 Å². The molecule has 0 aromatic heterocycles. The smallest absolute Gasteiger partial charge is 0.417 e. The number of rotatable bonds is 3. The van der Waals surface area contributed by atoms with Crippen LogP contribution in [0.4, 0.5) is 13.2 Å². The lowest BCUT2D eigenvalue weighted by Gasteiger charge is -2.30. The average Bonchev–Trinajstić information content (AvgIpc) is 2.58. The van der Waals surface area contributed by atoms with E-state index in [2.05, 4.69) is 4.74 Å². The lowest BCUT2D eigenvalue weighted by atomic mass is 9.96. The lowest BCUT2D eigenvalue weighted by molar-refractivity contribution is -0.148. The van der Waals surface area contributed by atoms with Gasteiger partial charge in [-0.1, -0.05) is 30.3 Å². The number of methoxy groups -OCH3 is 1. The number of halogens is 3. The van der Waals surface area contributed by atoms with Gasteiger partial charge >= 0.3 is 12.1 Å². The first-order chi connectivity index (χ1) is 11.3. The number of allylic oxidation sites excluding steroid dienone is 1. The number of likely N-dealkylation sites (tertiary alicyclic amines) is 1. The topological polar surface area (TPSA) is 46.6 Å². The van der Waals surface area contributed by atoms with Crippen molar-refractivity contribution in [2.45, 2.75) is 19.0 Å². The predicted octanol–water partition coefficient (Wildman–Crippen LogP) is 3.04. The maximum absolute atomic E-state index is 13.2. The molecule has 130 valence electrons. The van der Waals surface area contributed by atoms with Gasteiger partial charge < -0.3 is 9.64 Å². The number of ether oxygens (including phenoxy) is 1. The number of amides is 1. The first kappa shape index (κ1) is 18.0. The van der Waals surface area contributed by atoms with Crippen molar-refractivity contribution in [3.8, 4) is 0 Å². The van der Waals surface area contributed by atoms with Crippen LogP contribution in [0.25, 0.3) is 5.57 Å². The van der Waals surface area contributed by atoms with Crippen LogP contribution in [0.1, 0.15) is 18.4 Å². The molecular formula is C17H18F3NO3. The minimum absolute atomic E-state index is 0.0530. The molecule has 1 heterocycles. The Labute approximate surface area is 137 Å². The number of alkyl halides is 3. The van der Waals surface area contributed by atoms with E-state index in [1.54, 1.807) is 6.07 Å². The summed E-state index contributed by atoms with van der Waals surface area (Å²) in [5, 5.41) is 0. The van der Waals surface area contributed by atoms with Crippen molar-refractivity contribution in [1.82, 2.24) is 4.90 Å². The van der Waals surface area contributed by atoms with Crippen LogP contribution in [0, 0.1) is 5.92 Å². The Kier molecular flexibility index (Phi) is 5.64. The monoisotopic (exact) mass is 341 g/mol. The van der Waals surface area contributed by atoms with Crippen LogP contribution in [0.3, 0.4) is 0 Å². The normalized spacial score (nSPS) is 16.8. The number of piperidine rings is 1. The quantitative estimate of drug-likeness (QED) is 0.627. The Hall–Kier alpha value is -2.31. The molecule has 1 saturated heterocycles. The molecule has 0 bridgehead atoms. The fourth-order valence-electron chi connectivity index (χ4n) is 2.66. The number of carbonyl (C=O) groups excluding carboxylic acids is 2. The lowest BCUT2D eigenvalue weighted by Crippen LogP contribution is -2.40. The van der Waals surface area contributed by atoms with Crippen LogP contribution < -0.4 is 0 Å². The third-order valence-electron chi connectivity index (χ3n) is 4.00. The first-order valence-electron chi connectivity index (χ1n) is 7.54. The highest BCUT2D eigenvalue weighted by Crippen LogP contribution is 2.34. The van der Waals surface area contributed by atoms with E-state index in [1.165, 1.54) is 36.3 Å². The fraction of sp³-hybridized carbons (Fsp3) is 0.412. The van der Waals surface area contributed by atoms with E-state index in [0.717, 1.165) is 0 Å². The van der Waals surface area contributed by atoms with Crippen LogP contribution in [-0.4, -0.2) is 43.2 Å². The van der Waals surface area contributed by atoms with Crippen LogP contribution in [0.15, 0.2) is 36.4 Å². The molecule has 7 heteroatoms. The van der Waals surface area contributed by atoms with Crippen molar-refractivity contribution in [3.05, 3.63) is 42.0 Å². The maximum atomic E-state index is 13.2. The van der Waals surface area contributed by atoms with Crippen LogP contribution >= 0.6 is 0 Å². The molecule has 0 atom stereocenters. The SMILES string of the molecule is COC(=O)C1CCN(C(=O)/C=C(\c2ccccc2)C(F)(F)F)CC1. The van der Waals surface area contributed by atoms with Crippen LogP contribution in [0.2, 0.25) is 0 Å². The number of hydrogen-bond donors (Lipinski definition) is 0. The van der Waals surface area contributed by atoms with E-state index < -0.39 is 17.7 Å². The zero-order valence-corrected chi connectivity index (χ0v) is 13.2. The molecule has 1 aromatic carbocycles. The van der Waals surface area contributed by atoms with Crippen molar-refractivity contribution < 1.29 is 27.5 Å². The maximum Gasteiger partial charge on any atom is 0.417 e. The Morgan fingerprint density at radius 2 is 1.75 bits per heavy atom. The largest absolute Gasteiger partial charge is 0.469 e. The van der Waals surface area contributed by atoms with Crippen molar-refractivity contribution in [2.24, 2.45) is 5.92 Å². The molecule has 1 aliphatic rings. The standard InChI is InChI=1S/C17H18F3NO3/c1-24-16(23)13-7-9-21(10-8-13)15(22)11-14(17(18,19)20)12-5-3-2-4-6-12/h2-6,11,13H,7-10H2,1H3/b14-11+. The van der Waals surface area contributed by atoms with Gasteiger partial charge in [-0.05, 0) is 18.4 Å². The molecule has 0 saturated carbocycles. The second-order valence-electron chi connectivity index (χ2n) is 5.54. The van der Waals surface area contributed by atoms with Gasteiger partial charge in [-0.15, -0.1) is 0 Å². The first-order valence-corrected chi connectivity index (χ1v) is 7.54. The molecule has 24 heavy (non-hydrogen) atoms. The summed E-state index contributed by atoms with van der Waals surface area (Å²) < 4.78 is 44.4. The molecule has 0 N–H and O–H groups in total. The van der Waals surface area contributed by atoms with Gasteiger partial charge in [-0.2, -0.15) is 13.2 Å². The van der Waals surface area contributed by atoms with Crippen molar-refractivity contribution in [1.29, 1.82) is 0 Å². The molecule has 4 nitrogen and oxygen atoms in total. The zero-order valence-electron chi connectivity index (χ0n) is 13.2. The summed E-state index contributed by atoms with van der Waals surface area (Å²) in [7, 11) is 1.29. The molecule has 1 fully saturated rings. The number of nitrogens with zero attached hydrogens (tertiary/aromatic N) is 1. The second-order valence-corrected chi connectivity index (χ2v) is 5.54. The third-order valence-corrected chi connectivity index (χ3v) is 4.00. The minimum Gasteiger partial charge on any atom is -0.469 e. The highest BCUT2D eigenvalue weighted by molar-refractivity contribution is 5.96. The molecule has 1 amide bonds. The van der Waals surface area contributed by atoms with E-state index in [4.69, 9.17) is 0 Å². The Balaban J connectivity index is 2.13. The number of carbonyl (C=O) groups is 2. The van der Waals surface area contributed by atoms with Gasteiger partial charge in [-0.25, -0.2) is 0 Å². The Bertz CT molecular complexity index is 618. The number of esters is 1. The van der Waals surface area contributed by atoms with E-state index >= 15 is 0 Å². The fourth-order valence-corrected chi connectivity index (χ4v) is 2.66. The van der Waals surface area contributed by atoms with Gasteiger partial charge in [-0.3, -0.25) is 9.59 Å². The van der Waals surface area contributed by atoms with Crippen molar-refractivity contribution >= 4 is 17.4 Å². The predicted molar refractivity (Wildman–Crippen MR) is 81.8 cm³/mol. The molecular weight excluding hydrogens is 323 g/mol. The van der Waals surface area contributed by atoms with Crippen LogP contribution in [-0.2, 0) is 14.3 Å². The van der Waals surface area contributed by atoms with Gasteiger partial charge in [0.15, 0.2) is 0 Å². The van der Waals surface area contributed by atoms with Crippen molar-refractivity contribution in [2.75, 3.05) is 20.2 Å². The van der Waals surface area contributed by atoms with Crippen molar-refractivity contribution in [3.63, 3.8) is 0 Å². The molecule has 0 aliphatic carbocycles. The van der Waals surface area contributed by atoms with E-state index in [1.807, 2.05) is 0 Å². The molecule has 0 unspecified atom stereocenters. The summed E-state index contributed by atoms with van der Waals surface area (Å²) in [6.07, 6.45) is -3.22. The minimum atomic E-state index is -4.62. The van der Waals surface area contributed by atoms with E-state index in [-0.39, 0.29) is 30.5 Å². The zero-order chi connectivity index (χ0) is 17.7. The number of hydrogen-bond acceptors (Lipinski definition) is 3. The van der Waals surface area contributed by atoms with Gasteiger partial charge in [0, 0.05) is 19.2 Å². The third kappa shape index (κ3) is 4.37. The molecule has 1 aromatic rings. The summed E-state index contributed by atoms with van der Waals surface area (Å²) >= 11 is 0. The highest BCUT2D eigenvalue weighted by Gasteiger charge is 2.36. The average molecular weight is 341 g/mol. The van der Waals surface area contributed by atoms with Gasteiger partial charge in [0.25, 0.3) is 0 Å². The molecule has 2 rings (SSSR count). The van der Waals surface area contributed by atoms with Gasteiger partial charge in [0.2, 0.25) is 5.91 Å². The number of benzene rings is 1. The van der Waals surface area contributed by atoms with Gasteiger partial charge in [0.1, 0.15) is 0 Å². The summed E-state index contributed by atoms with van der Waals surface area (Å²) in [6, 6.07) is 7.21. The second kappa shape index (κ2) is 7.51.